The van der Waals surface area contributed by atoms with Gasteiger partial charge in [0.25, 0.3) is 0 Å². The fraction of sp³-hybridized carbons (Fsp3) is 0.538. The Morgan fingerprint density at radius 3 is 2.07 bits per heavy atom. The normalized spacial score (nSPS) is 13.2. The Kier molecular flexibility index (Phi) is 3.75. The van der Waals surface area contributed by atoms with Crippen LogP contribution in [0, 0.1) is 19.8 Å². The van der Waals surface area contributed by atoms with Crippen LogP contribution in [0.2, 0.25) is 0 Å². The number of aryl methyl sites for hydroxylation is 2. The zero-order valence-corrected chi connectivity index (χ0v) is 10.0. The van der Waals surface area contributed by atoms with Gasteiger partial charge >= 0.3 is 0 Å². The van der Waals surface area contributed by atoms with Crippen molar-refractivity contribution in [1.29, 1.82) is 0 Å². The molecule has 1 aromatic rings. The Morgan fingerprint density at radius 1 is 1.20 bits per heavy atom. The van der Waals surface area contributed by atoms with Crippen molar-refractivity contribution in [3.05, 3.63) is 28.8 Å². The van der Waals surface area contributed by atoms with Gasteiger partial charge in [-0.25, -0.2) is 0 Å². The van der Waals surface area contributed by atoms with E-state index in [4.69, 9.17) is 5.73 Å². The van der Waals surface area contributed by atoms with Gasteiger partial charge in [-0.1, -0.05) is 26.0 Å². The number of phenols is 1. The van der Waals surface area contributed by atoms with Gasteiger partial charge in [0.2, 0.25) is 0 Å². The van der Waals surface area contributed by atoms with Crippen molar-refractivity contribution in [3.8, 4) is 5.75 Å². The first-order valence-electron chi connectivity index (χ1n) is 5.47. The number of hydrogen-bond acceptors (Lipinski definition) is 2. The lowest BCUT2D eigenvalue weighted by molar-refractivity contribution is 0.465. The number of hydrogen-bond donors (Lipinski definition) is 2. The van der Waals surface area contributed by atoms with Gasteiger partial charge < -0.3 is 10.8 Å². The quantitative estimate of drug-likeness (QED) is 0.800. The van der Waals surface area contributed by atoms with Gasteiger partial charge in [0.05, 0.1) is 0 Å². The molecule has 0 heterocycles. The lowest BCUT2D eigenvalue weighted by atomic mass is 9.95. The molecule has 0 spiro atoms. The predicted molar refractivity (Wildman–Crippen MR) is 64.0 cm³/mol. The number of benzene rings is 1. The maximum absolute atomic E-state index is 9.65. The maximum atomic E-state index is 9.65. The predicted octanol–water partition coefficient (Wildman–Crippen LogP) is 3.05. The summed E-state index contributed by atoms with van der Waals surface area (Å²) < 4.78 is 0. The third-order valence-electron chi connectivity index (χ3n) is 2.67. The van der Waals surface area contributed by atoms with E-state index in [1.165, 1.54) is 0 Å². The molecule has 0 aliphatic rings. The lowest BCUT2D eigenvalue weighted by Gasteiger charge is -2.16. The lowest BCUT2D eigenvalue weighted by Crippen LogP contribution is -2.13. The molecular formula is C13H21NO. The largest absolute Gasteiger partial charge is 0.507 e. The summed E-state index contributed by atoms with van der Waals surface area (Å²) in [7, 11) is 0. The van der Waals surface area contributed by atoms with E-state index >= 15 is 0 Å². The fourth-order valence-corrected chi connectivity index (χ4v) is 1.85. The average Bonchev–Trinajstić information content (AvgIpc) is 2.12. The molecule has 0 aromatic heterocycles. The number of phenolic OH excluding ortho intramolecular Hbond substituents is 1. The van der Waals surface area contributed by atoms with E-state index in [2.05, 4.69) is 13.8 Å². The Morgan fingerprint density at radius 2 is 1.67 bits per heavy atom. The molecule has 0 saturated heterocycles. The summed E-state index contributed by atoms with van der Waals surface area (Å²) in [5.74, 6) is 0.977. The fourth-order valence-electron chi connectivity index (χ4n) is 1.85. The highest BCUT2D eigenvalue weighted by Crippen LogP contribution is 2.27. The Labute approximate surface area is 92.1 Å². The van der Waals surface area contributed by atoms with E-state index in [0.29, 0.717) is 11.7 Å². The van der Waals surface area contributed by atoms with E-state index in [1.807, 2.05) is 26.0 Å². The van der Waals surface area contributed by atoms with Crippen molar-refractivity contribution < 1.29 is 5.11 Å². The summed E-state index contributed by atoms with van der Waals surface area (Å²) >= 11 is 0. The third-order valence-corrected chi connectivity index (χ3v) is 2.67. The summed E-state index contributed by atoms with van der Waals surface area (Å²) in [5.41, 5.74) is 9.04. The van der Waals surface area contributed by atoms with Crippen LogP contribution in [0.4, 0.5) is 0 Å². The average molecular weight is 207 g/mol. The molecule has 1 aromatic carbocycles. The summed E-state index contributed by atoms with van der Waals surface area (Å²) in [6.45, 7) is 8.15. The van der Waals surface area contributed by atoms with E-state index in [0.717, 1.165) is 23.1 Å². The summed E-state index contributed by atoms with van der Waals surface area (Å²) in [6, 6.07) is 4.04. The standard InChI is InChI=1S/C13H21NO/c1-8(2)5-12(14)11-6-9(3)13(15)10(4)7-11/h6-8,12,15H,5,14H2,1-4H3/t12-/m1/s1. The van der Waals surface area contributed by atoms with Crippen LogP contribution in [0.3, 0.4) is 0 Å². The van der Waals surface area contributed by atoms with Gasteiger partial charge in [-0.3, -0.25) is 0 Å². The topological polar surface area (TPSA) is 46.2 Å². The van der Waals surface area contributed by atoms with Crippen LogP contribution in [-0.4, -0.2) is 5.11 Å². The molecule has 84 valence electrons. The zero-order valence-electron chi connectivity index (χ0n) is 10.0. The number of aromatic hydroxyl groups is 1. The SMILES string of the molecule is Cc1cc([C@H](N)CC(C)C)cc(C)c1O. The van der Waals surface area contributed by atoms with Crippen molar-refractivity contribution >= 4 is 0 Å². The van der Waals surface area contributed by atoms with Crippen LogP contribution < -0.4 is 5.73 Å². The van der Waals surface area contributed by atoms with Crippen LogP contribution in [0.15, 0.2) is 12.1 Å². The van der Waals surface area contributed by atoms with E-state index in [9.17, 15) is 5.11 Å². The molecule has 0 saturated carbocycles. The minimum absolute atomic E-state index is 0.0722. The molecule has 2 nitrogen and oxygen atoms in total. The Hall–Kier alpha value is -1.02. The zero-order chi connectivity index (χ0) is 11.6. The van der Waals surface area contributed by atoms with Crippen LogP contribution in [-0.2, 0) is 0 Å². The molecule has 0 amide bonds. The molecular weight excluding hydrogens is 186 g/mol. The second-order valence-electron chi connectivity index (χ2n) is 4.74. The second-order valence-corrected chi connectivity index (χ2v) is 4.74. The minimum atomic E-state index is 0.0722. The second kappa shape index (κ2) is 4.67. The van der Waals surface area contributed by atoms with E-state index < -0.39 is 0 Å². The molecule has 1 rings (SSSR count). The van der Waals surface area contributed by atoms with E-state index in [-0.39, 0.29) is 6.04 Å². The van der Waals surface area contributed by atoms with Gasteiger partial charge in [-0.2, -0.15) is 0 Å². The minimum Gasteiger partial charge on any atom is -0.507 e. The molecule has 1 atom stereocenters. The molecule has 0 aliphatic heterocycles. The highest BCUT2D eigenvalue weighted by atomic mass is 16.3. The molecule has 0 aliphatic carbocycles. The van der Waals surface area contributed by atoms with Crippen LogP contribution in [0.25, 0.3) is 0 Å². The van der Waals surface area contributed by atoms with Crippen molar-refractivity contribution in [2.75, 3.05) is 0 Å². The van der Waals surface area contributed by atoms with Crippen LogP contribution >= 0.6 is 0 Å². The van der Waals surface area contributed by atoms with Crippen molar-refractivity contribution in [3.63, 3.8) is 0 Å². The highest BCUT2D eigenvalue weighted by molar-refractivity contribution is 5.43. The van der Waals surface area contributed by atoms with Crippen molar-refractivity contribution in [2.45, 2.75) is 40.2 Å². The molecule has 0 radical (unpaired) electrons. The molecule has 0 fully saturated rings. The van der Waals surface area contributed by atoms with Gasteiger partial charge in [0, 0.05) is 6.04 Å². The van der Waals surface area contributed by atoms with Gasteiger partial charge in [0.15, 0.2) is 0 Å². The first-order valence-corrected chi connectivity index (χ1v) is 5.47. The first-order chi connectivity index (χ1) is 6.91. The molecule has 3 N–H and O–H groups in total. The molecule has 0 unspecified atom stereocenters. The van der Waals surface area contributed by atoms with Crippen molar-refractivity contribution in [2.24, 2.45) is 11.7 Å². The summed E-state index contributed by atoms with van der Waals surface area (Å²) in [6.07, 6.45) is 0.976. The number of rotatable bonds is 3. The molecule has 2 heteroatoms. The van der Waals surface area contributed by atoms with Gasteiger partial charge in [-0.05, 0) is 42.9 Å². The van der Waals surface area contributed by atoms with Gasteiger partial charge in [0.1, 0.15) is 5.75 Å². The number of nitrogens with two attached hydrogens (primary N) is 1. The third kappa shape index (κ3) is 2.96. The monoisotopic (exact) mass is 207 g/mol. The van der Waals surface area contributed by atoms with E-state index in [1.54, 1.807) is 0 Å². The molecule has 15 heavy (non-hydrogen) atoms. The Bertz CT molecular complexity index is 321. The van der Waals surface area contributed by atoms with Crippen LogP contribution in [0.1, 0.15) is 43.0 Å². The van der Waals surface area contributed by atoms with Crippen LogP contribution in [0.5, 0.6) is 5.75 Å². The van der Waals surface area contributed by atoms with Crippen molar-refractivity contribution in [1.82, 2.24) is 0 Å². The smallest absolute Gasteiger partial charge is 0.121 e. The summed E-state index contributed by atoms with van der Waals surface area (Å²) in [5, 5.41) is 9.65. The highest BCUT2D eigenvalue weighted by Gasteiger charge is 2.11. The summed E-state index contributed by atoms with van der Waals surface area (Å²) in [4.78, 5) is 0. The Balaban J connectivity index is 2.95. The maximum Gasteiger partial charge on any atom is 0.121 e. The van der Waals surface area contributed by atoms with Gasteiger partial charge in [-0.15, -0.1) is 0 Å². The molecule has 0 bridgehead atoms. The first kappa shape index (κ1) is 12.1.